The predicted molar refractivity (Wildman–Crippen MR) is 179 cm³/mol. The largest absolute Gasteiger partial charge is 0.519 e. The molecule has 0 aliphatic heterocycles. The molecule has 0 saturated carbocycles. The summed E-state index contributed by atoms with van der Waals surface area (Å²) in [6, 6.07) is 34.0. The van der Waals surface area contributed by atoms with E-state index in [2.05, 4.69) is 0 Å². The fraction of sp³-hybridized carbons (Fsp3) is 0.359. The van der Waals surface area contributed by atoms with Crippen molar-refractivity contribution in [3.8, 4) is 11.5 Å². The molecular formula is C39H46O7. The number of rotatable bonds is 14. The summed E-state index contributed by atoms with van der Waals surface area (Å²) in [7, 11) is 0. The highest BCUT2D eigenvalue weighted by Gasteiger charge is 2.37. The zero-order valence-corrected chi connectivity index (χ0v) is 28.2. The Morgan fingerprint density at radius 1 is 0.478 bits per heavy atom. The van der Waals surface area contributed by atoms with Crippen LogP contribution in [0.3, 0.4) is 0 Å². The summed E-state index contributed by atoms with van der Waals surface area (Å²) in [5, 5.41) is 0. The monoisotopic (exact) mass is 626 g/mol. The predicted octanol–water partition coefficient (Wildman–Crippen LogP) is 9.59. The molecule has 0 bridgehead atoms. The van der Waals surface area contributed by atoms with Crippen molar-refractivity contribution in [2.75, 3.05) is 13.2 Å². The van der Waals surface area contributed by atoms with Crippen LogP contribution in [-0.4, -0.2) is 19.4 Å². The van der Waals surface area contributed by atoms with Crippen molar-refractivity contribution < 1.29 is 33.2 Å². The molecule has 0 spiro atoms. The van der Waals surface area contributed by atoms with Crippen molar-refractivity contribution in [2.24, 2.45) is 0 Å². The van der Waals surface area contributed by atoms with Crippen LogP contribution in [0.1, 0.15) is 77.6 Å². The smallest absolute Gasteiger partial charge is 0.395 e. The SMILES string of the molecule is CCOC(C)(OC(C)(C)c1ccc(OC(=O)Oc2ccc(C(C)(C)OC(C)(OCC)c3ccccc3)cc2)cc1)c1ccccc1. The summed E-state index contributed by atoms with van der Waals surface area (Å²) in [5.41, 5.74) is 2.21. The lowest BCUT2D eigenvalue weighted by Crippen LogP contribution is -2.38. The molecule has 4 rings (SSSR count). The maximum absolute atomic E-state index is 12.7. The van der Waals surface area contributed by atoms with Gasteiger partial charge in [-0.05, 0) is 90.8 Å². The first-order valence-corrected chi connectivity index (χ1v) is 15.7. The summed E-state index contributed by atoms with van der Waals surface area (Å²) in [6.45, 7) is 16.6. The highest BCUT2D eigenvalue weighted by Crippen LogP contribution is 2.39. The van der Waals surface area contributed by atoms with Crippen LogP contribution in [0.5, 0.6) is 11.5 Å². The summed E-state index contributed by atoms with van der Waals surface area (Å²) in [5.74, 6) is -1.19. The van der Waals surface area contributed by atoms with Gasteiger partial charge in [0.05, 0.1) is 11.2 Å². The highest BCUT2D eigenvalue weighted by molar-refractivity contribution is 5.67. The summed E-state index contributed by atoms with van der Waals surface area (Å²) in [6.07, 6.45) is -0.840. The Labute approximate surface area is 273 Å². The van der Waals surface area contributed by atoms with Gasteiger partial charge >= 0.3 is 6.16 Å². The minimum Gasteiger partial charge on any atom is -0.395 e. The Balaban J connectivity index is 1.38. The van der Waals surface area contributed by atoms with Gasteiger partial charge in [0.15, 0.2) is 11.6 Å². The van der Waals surface area contributed by atoms with Crippen LogP contribution in [0.2, 0.25) is 0 Å². The molecule has 0 aliphatic rings. The first-order valence-electron chi connectivity index (χ1n) is 15.7. The Morgan fingerprint density at radius 2 is 0.804 bits per heavy atom. The van der Waals surface area contributed by atoms with Crippen LogP contribution in [-0.2, 0) is 41.7 Å². The van der Waals surface area contributed by atoms with E-state index in [1.165, 1.54) is 0 Å². The lowest BCUT2D eigenvalue weighted by atomic mass is 9.96. The van der Waals surface area contributed by atoms with E-state index in [1.54, 1.807) is 24.3 Å². The lowest BCUT2D eigenvalue weighted by Gasteiger charge is -2.38. The number of ether oxygens (including phenoxy) is 6. The Kier molecular flexibility index (Phi) is 11.1. The Morgan fingerprint density at radius 3 is 1.11 bits per heavy atom. The van der Waals surface area contributed by atoms with Crippen molar-refractivity contribution in [3.63, 3.8) is 0 Å². The molecule has 0 heterocycles. The van der Waals surface area contributed by atoms with E-state index in [0.717, 1.165) is 22.3 Å². The quantitative estimate of drug-likeness (QED) is 0.0784. The van der Waals surface area contributed by atoms with Crippen LogP contribution in [0.15, 0.2) is 109 Å². The van der Waals surface area contributed by atoms with E-state index in [9.17, 15) is 4.79 Å². The number of hydrogen-bond donors (Lipinski definition) is 0. The molecule has 46 heavy (non-hydrogen) atoms. The van der Waals surface area contributed by atoms with Crippen molar-refractivity contribution in [2.45, 2.75) is 78.2 Å². The van der Waals surface area contributed by atoms with E-state index in [4.69, 9.17) is 28.4 Å². The topological polar surface area (TPSA) is 72.5 Å². The third-order valence-corrected chi connectivity index (χ3v) is 7.84. The van der Waals surface area contributed by atoms with Gasteiger partial charge in [-0.15, -0.1) is 0 Å². The average molecular weight is 627 g/mol. The summed E-state index contributed by atoms with van der Waals surface area (Å²) >= 11 is 0. The van der Waals surface area contributed by atoms with E-state index in [0.29, 0.717) is 24.7 Å². The summed E-state index contributed by atoms with van der Waals surface area (Å²) < 4.78 is 36.2. The van der Waals surface area contributed by atoms with Gasteiger partial charge in [-0.3, -0.25) is 0 Å². The molecule has 0 amide bonds. The van der Waals surface area contributed by atoms with Crippen LogP contribution in [0.25, 0.3) is 0 Å². The van der Waals surface area contributed by atoms with Crippen molar-refractivity contribution in [1.82, 2.24) is 0 Å². The van der Waals surface area contributed by atoms with Crippen molar-refractivity contribution >= 4 is 6.16 Å². The molecule has 0 aliphatic carbocycles. The molecule has 7 heteroatoms. The molecular weight excluding hydrogens is 580 g/mol. The van der Waals surface area contributed by atoms with Gasteiger partial charge in [0, 0.05) is 24.3 Å². The van der Waals surface area contributed by atoms with E-state index in [1.807, 2.05) is 140 Å². The van der Waals surface area contributed by atoms with Gasteiger partial charge in [0.2, 0.25) is 0 Å². The van der Waals surface area contributed by atoms with Gasteiger partial charge in [-0.1, -0.05) is 84.9 Å². The molecule has 0 saturated heterocycles. The molecule has 7 nitrogen and oxygen atoms in total. The lowest BCUT2D eigenvalue weighted by molar-refractivity contribution is -0.284. The third kappa shape index (κ3) is 8.62. The minimum atomic E-state index is -0.944. The molecule has 2 atom stereocenters. The van der Waals surface area contributed by atoms with E-state index in [-0.39, 0.29) is 0 Å². The van der Waals surface area contributed by atoms with Crippen LogP contribution in [0, 0.1) is 0 Å². The van der Waals surface area contributed by atoms with Crippen LogP contribution < -0.4 is 9.47 Å². The number of hydrogen-bond acceptors (Lipinski definition) is 7. The fourth-order valence-corrected chi connectivity index (χ4v) is 5.53. The molecule has 244 valence electrons. The molecule has 2 unspecified atom stereocenters. The second-order valence-corrected chi connectivity index (χ2v) is 12.2. The average Bonchev–Trinajstić information content (AvgIpc) is 3.02. The molecule has 4 aromatic rings. The first-order chi connectivity index (χ1) is 21.8. The van der Waals surface area contributed by atoms with E-state index < -0.39 is 28.9 Å². The third-order valence-electron chi connectivity index (χ3n) is 7.84. The Bertz CT molecular complexity index is 1420. The second-order valence-electron chi connectivity index (χ2n) is 12.2. The van der Waals surface area contributed by atoms with Crippen molar-refractivity contribution in [3.05, 3.63) is 131 Å². The molecule has 0 radical (unpaired) electrons. The van der Waals surface area contributed by atoms with Gasteiger partial charge in [-0.25, -0.2) is 4.79 Å². The van der Waals surface area contributed by atoms with Gasteiger partial charge < -0.3 is 28.4 Å². The first kappa shape index (κ1) is 34.9. The Hall–Kier alpha value is -4.01. The summed E-state index contributed by atoms with van der Waals surface area (Å²) in [4.78, 5) is 12.7. The zero-order chi connectivity index (χ0) is 33.4. The number of carbonyl (C=O) groups excluding carboxylic acids is 1. The molecule has 4 aromatic carbocycles. The maximum atomic E-state index is 12.7. The van der Waals surface area contributed by atoms with Crippen LogP contribution in [0.4, 0.5) is 4.79 Å². The normalized spacial score (nSPS) is 14.6. The molecule has 0 fully saturated rings. The van der Waals surface area contributed by atoms with Gasteiger partial charge in [-0.2, -0.15) is 0 Å². The highest BCUT2D eigenvalue weighted by atomic mass is 16.7. The second kappa shape index (κ2) is 14.6. The number of carbonyl (C=O) groups is 1. The minimum absolute atomic E-state index is 0.349. The van der Waals surface area contributed by atoms with Gasteiger partial charge in [0.1, 0.15) is 11.5 Å². The van der Waals surface area contributed by atoms with Crippen LogP contribution >= 0.6 is 0 Å². The zero-order valence-electron chi connectivity index (χ0n) is 28.2. The van der Waals surface area contributed by atoms with Crippen molar-refractivity contribution in [1.29, 1.82) is 0 Å². The fourth-order valence-electron chi connectivity index (χ4n) is 5.53. The molecule has 0 N–H and O–H groups in total. The molecule has 0 aromatic heterocycles. The van der Waals surface area contributed by atoms with Gasteiger partial charge in [0.25, 0.3) is 0 Å². The maximum Gasteiger partial charge on any atom is 0.519 e. The standard InChI is InChI=1S/C39H46O7/c1-9-41-38(7,31-17-13-11-14-18-31)45-36(3,4)29-21-25-33(26-22-29)43-35(40)44-34-27-23-30(24-28-34)37(5,6)46-39(8,42-10-2)32-19-15-12-16-20-32/h11-28H,9-10H2,1-8H3. The number of benzene rings is 4. The van der Waals surface area contributed by atoms with E-state index >= 15 is 0 Å².